The van der Waals surface area contributed by atoms with Crippen molar-refractivity contribution >= 4 is 26.6 Å². The molecule has 1 fully saturated rings. The van der Waals surface area contributed by atoms with Crippen molar-refractivity contribution in [2.75, 3.05) is 37.6 Å². The Labute approximate surface area is 188 Å². The highest BCUT2D eigenvalue weighted by molar-refractivity contribution is 7.90. The number of anilines is 1. The van der Waals surface area contributed by atoms with Gasteiger partial charge in [0.25, 0.3) is 10.0 Å². The number of fused-ring (bicyclic) bond motifs is 1. The standard InChI is InChI=1S/C25H26N4O2S/c30-32(31,22-10-5-2-6-11-22)29-25-13-7-12-24(23(25)20-26-29)28-18-16-27(17-19-28)15-14-21-8-3-1-4-9-21/h1-13,20H,14-19H2. The van der Waals surface area contributed by atoms with E-state index in [4.69, 9.17) is 0 Å². The Kier molecular flexibility index (Phi) is 5.68. The van der Waals surface area contributed by atoms with E-state index in [1.165, 1.54) is 5.56 Å². The molecule has 0 unspecified atom stereocenters. The quantitative estimate of drug-likeness (QED) is 0.453. The lowest BCUT2D eigenvalue weighted by molar-refractivity contribution is 0.261. The lowest BCUT2D eigenvalue weighted by Crippen LogP contribution is -2.47. The molecule has 1 aliphatic heterocycles. The Morgan fingerprint density at radius 2 is 1.47 bits per heavy atom. The first kappa shape index (κ1) is 20.7. The summed E-state index contributed by atoms with van der Waals surface area (Å²) in [7, 11) is -3.73. The number of hydrogen-bond acceptors (Lipinski definition) is 5. The first-order valence-corrected chi connectivity index (χ1v) is 12.4. The van der Waals surface area contributed by atoms with E-state index < -0.39 is 10.0 Å². The van der Waals surface area contributed by atoms with Crippen LogP contribution in [-0.2, 0) is 16.4 Å². The summed E-state index contributed by atoms with van der Waals surface area (Å²) in [6.45, 7) is 4.84. The molecule has 0 bridgehead atoms. The number of hydrogen-bond donors (Lipinski definition) is 0. The van der Waals surface area contributed by atoms with Crippen molar-refractivity contribution in [3.63, 3.8) is 0 Å². The molecule has 3 aromatic carbocycles. The van der Waals surface area contributed by atoms with Crippen molar-refractivity contribution in [3.8, 4) is 0 Å². The Hall–Kier alpha value is -3.16. The molecule has 0 atom stereocenters. The Morgan fingerprint density at radius 1 is 0.781 bits per heavy atom. The molecule has 32 heavy (non-hydrogen) atoms. The third kappa shape index (κ3) is 4.01. The molecule has 1 aromatic heterocycles. The van der Waals surface area contributed by atoms with Gasteiger partial charge in [-0.25, -0.2) is 0 Å². The SMILES string of the molecule is O=S(=O)(c1ccccc1)n1ncc2c(N3CCN(CCc4ccccc4)CC3)cccc21. The molecular formula is C25H26N4O2S. The molecule has 0 saturated carbocycles. The largest absolute Gasteiger partial charge is 0.368 e. The molecule has 0 radical (unpaired) electrons. The van der Waals surface area contributed by atoms with Gasteiger partial charge in [0.2, 0.25) is 0 Å². The van der Waals surface area contributed by atoms with E-state index in [2.05, 4.69) is 51.3 Å². The normalized spacial score (nSPS) is 15.3. The van der Waals surface area contributed by atoms with Crippen LogP contribution < -0.4 is 4.90 Å². The molecule has 0 N–H and O–H groups in total. The maximum atomic E-state index is 13.1. The second-order valence-corrected chi connectivity index (χ2v) is 9.85. The Bertz CT molecular complexity index is 1300. The second kappa shape index (κ2) is 8.76. The van der Waals surface area contributed by atoms with Gasteiger partial charge in [-0.2, -0.15) is 17.6 Å². The van der Waals surface area contributed by atoms with Crippen LogP contribution in [0.15, 0.2) is 90.0 Å². The summed E-state index contributed by atoms with van der Waals surface area (Å²) in [5.74, 6) is 0. The Balaban J connectivity index is 1.33. The third-order valence-electron chi connectivity index (χ3n) is 6.10. The van der Waals surface area contributed by atoms with Crippen molar-refractivity contribution in [2.24, 2.45) is 0 Å². The van der Waals surface area contributed by atoms with Crippen LogP contribution in [0.25, 0.3) is 10.9 Å². The van der Waals surface area contributed by atoms with Gasteiger partial charge in [0.15, 0.2) is 0 Å². The van der Waals surface area contributed by atoms with E-state index in [9.17, 15) is 8.42 Å². The third-order valence-corrected chi connectivity index (χ3v) is 7.71. The fraction of sp³-hybridized carbons (Fsp3) is 0.240. The first-order valence-electron chi connectivity index (χ1n) is 10.9. The molecule has 0 spiro atoms. The number of rotatable bonds is 6. The first-order chi connectivity index (χ1) is 15.6. The van der Waals surface area contributed by atoms with Gasteiger partial charge in [-0.15, -0.1) is 0 Å². The summed E-state index contributed by atoms with van der Waals surface area (Å²) in [5.41, 5.74) is 3.02. The fourth-order valence-corrected chi connectivity index (χ4v) is 5.61. The maximum Gasteiger partial charge on any atom is 0.283 e. The van der Waals surface area contributed by atoms with Crippen molar-refractivity contribution in [3.05, 3.63) is 90.6 Å². The molecule has 164 valence electrons. The smallest absolute Gasteiger partial charge is 0.283 e. The zero-order valence-corrected chi connectivity index (χ0v) is 18.7. The second-order valence-electron chi connectivity index (χ2n) is 8.08. The average Bonchev–Trinajstić information content (AvgIpc) is 3.30. The van der Waals surface area contributed by atoms with Crippen molar-refractivity contribution in [1.29, 1.82) is 0 Å². The zero-order valence-electron chi connectivity index (χ0n) is 17.8. The fourth-order valence-electron chi connectivity index (χ4n) is 4.32. The van der Waals surface area contributed by atoms with E-state index in [1.54, 1.807) is 36.5 Å². The van der Waals surface area contributed by atoms with Gasteiger partial charge < -0.3 is 4.90 Å². The van der Waals surface area contributed by atoms with Crippen LogP contribution in [0.3, 0.4) is 0 Å². The van der Waals surface area contributed by atoms with Gasteiger partial charge in [-0.3, -0.25) is 4.90 Å². The van der Waals surface area contributed by atoms with Crippen LogP contribution in [-0.4, -0.2) is 55.2 Å². The van der Waals surface area contributed by atoms with Gasteiger partial charge >= 0.3 is 0 Å². The molecule has 7 heteroatoms. The van der Waals surface area contributed by atoms with Gasteiger partial charge in [0, 0.05) is 43.8 Å². The van der Waals surface area contributed by atoms with Crippen molar-refractivity contribution in [2.45, 2.75) is 11.3 Å². The molecule has 0 aliphatic carbocycles. The summed E-state index contributed by atoms with van der Waals surface area (Å²) in [6.07, 6.45) is 2.73. The summed E-state index contributed by atoms with van der Waals surface area (Å²) in [4.78, 5) is 5.07. The summed E-state index contributed by atoms with van der Waals surface area (Å²) < 4.78 is 27.4. The summed E-state index contributed by atoms with van der Waals surface area (Å²) in [5, 5.41) is 5.13. The average molecular weight is 447 g/mol. The van der Waals surface area contributed by atoms with E-state index >= 15 is 0 Å². The van der Waals surface area contributed by atoms with Crippen LogP contribution in [0.1, 0.15) is 5.56 Å². The van der Waals surface area contributed by atoms with E-state index in [-0.39, 0.29) is 4.90 Å². The van der Waals surface area contributed by atoms with Crippen molar-refractivity contribution < 1.29 is 8.42 Å². The van der Waals surface area contributed by atoms with Crippen LogP contribution in [0.4, 0.5) is 5.69 Å². The van der Waals surface area contributed by atoms with Crippen LogP contribution >= 0.6 is 0 Å². The molecule has 4 aromatic rings. The molecule has 1 saturated heterocycles. The van der Waals surface area contributed by atoms with Gasteiger partial charge in [-0.1, -0.05) is 54.6 Å². The van der Waals surface area contributed by atoms with Crippen molar-refractivity contribution in [1.82, 2.24) is 14.1 Å². The summed E-state index contributed by atoms with van der Waals surface area (Å²) in [6, 6.07) is 24.8. The molecule has 1 aliphatic rings. The number of benzene rings is 3. The monoisotopic (exact) mass is 446 g/mol. The molecule has 2 heterocycles. The van der Waals surface area contributed by atoms with E-state index in [1.807, 2.05) is 12.1 Å². The maximum absolute atomic E-state index is 13.1. The minimum absolute atomic E-state index is 0.238. The predicted molar refractivity (Wildman–Crippen MR) is 128 cm³/mol. The van der Waals surface area contributed by atoms with Gasteiger partial charge in [0.05, 0.1) is 16.6 Å². The predicted octanol–water partition coefficient (Wildman–Crippen LogP) is 3.64. The van der Waals surface area contributed by atoms with Gasteiger partial charge in [0.1, 0.15) is 0 Å². The van der Waals surface area contributed by atoms with E-state index in [0.29, 0.717) is 5.52 Å². The van der Waals surface area contributed by atoms with Crippen LogP contribution in [0.5, 0.6) is 0 Å². The summed E-state index contributed by atoms with van der Waals surface area (Å²) >= 11 is 0. The highest BCUT2D eigenvalue weighted by Gasteiger charge is 2.23. The number of piperazine rings is 1. The number of aromatic nitrogens is 2. The highest BCUT2D eigenvalue weighted by Crippen LogP contribution is 2.29. The van der Waals surface area contributed by atoms with Crippen LogP contribution in [0.2, 0.25) is 0 Å². The number of nitrogens with zero attached hydrogens (tertiary/aromatic N) is 4. The van der Waals surface area contributed by atoms with Gasteiger partial charge in [-0.05, 0) is 36.2 Å². The molecule has 6 nitrogen and oxygen atoms in total. The minimum atomic E-state index is -3.73. The minimum Gasteiger partial charge on any atom is -0.368 e. The topological polar surface area (TPSA) is 58.4 Å². The molecular weight excluding hydrogens is 420 g/mol. The Morgan fingerprint density at radius 3 is 2.19 bits per heavy atom. The zero-order chi connectivity index (χ0) is 22.0. The highest BCUT2D eigenvalue weighted by atomic mass is 32.2. The molecule has 5 rings (SSSR count). The molecule has 0 amide bonds. The lowest BCUT2D eigenvalue weighted by Gasteiger charge is -2.36. The van der Waals surface area contributed by atoms with E-state index in [0.717, 1.165) is 54.3 Å². The lowest BCUT2D eigenvalue weighted by atomic mass is 10.1. The van der Waals surface area contributed by atoms with Crippen LogP contribution in [0, 0.1) is 0 Å².